The highest BCUT2D eigenvalue weighted by Crippen LogP contribution is 2.58. The van der Waals surface area contributed by atoms with Gasteiger partial charge in [-0.25, -0.2) is 10.9 Å². The fraction of sp³-hybridized carbons (Fsp3) is 0.500. The number of nitrogens with two attached hydrogens (primary N) is 2. The molecule has 3 amide bonds. The Kier molecular flexibility index (Phi) is 3.28. The molecule has 1 aromatic carbocycles. The fourth-order valence-electron chi connectivity index (χ4n) is 5.45. The molecule has 1 spiro atoms. The molecule has 1 aromatic rings. The lowest BCUT2D eigenvalue weighted by Crippen LogP contribution is -2.66. The van der Waals surface area contributed by atoms with Crippen LogP contribution in [0.25, 0.3) is 0 Å². The maximum Gasteiger partial charge on any atom is 0.268 e. The van der Waals surface area contributed by atoms with Gasteiger partial charge in [-0.3, -0.25) is 20.1 Å². The number of rotatable bonds is 1. The third kappa shape index (κ3) is 1.74. The lowest BCUT2D eigenvalue weighted by Gasteiger charge is -2.35. The number of hydrogen-bond acceptors (Lipinski definition) is 6. The summed E-state index contributed by atoms with van der Waals surface area (Å²) < 4.78 is 0. The van der Waals surface area contributed by atoms with Crippen LogP contribution in [-0.2, 0) is 19.8 Å². The summed E-state index contributed by atoms with van der Waals surface area (Å²) in [5, 5.41) is 4.04. The number of hydrazine groups is 1. The van der Waals surface area contributed by atoms with E-state index in [0.717, 1.165) is 32.1 Å². The van der Waals surface area contributed by atoms with Crippen LogP contribution in [0.5, 0.6) is 0 Å². The quantitative estimate of drug-likeness (QED) is 0.364. The Labute approximate surface area is 160 Å². The van der Waals surface area contributed by atoms with Gasteiger partial charge in [0.1, 0.15) is 6.04 Å². The van der Waals surface area contributed by atoms with Crippen LogP contribution < -0.4 is 16.9 Å². The largest absolute Gasteiger partial charge is 0.358 e. The van der Waals surface area contributed by atoms with Gasteiger partial charge in [0.2, 0.25) is 0 Å². The second kappa shape index (κ2) is 5.21. The molecule has 0 radical (unpaired) electrons. The number of fused-ring (bicyclic) bond motifs is 1. The van der Waals surface area contributed by atoms with Crippen molar-refractivity contribution in [3.05, 3.63) is 28.8 Å². The Bertz CT molecular complexity index is 901. The van der Waals surface area contributed by atoms with E-state index < -0.39 is 34.8 Å². The fourth-order valence-corrected chi connectivity index (χ4v) is 5.62. The number of nitrogens with one attached hydrogen (secondary N) is 1. The van der Waals surface area contributed by atoms with Gasteiger partial charge in [0.15, 0.2) is 11.1 Å². The number of likely N-dealkylation sites (tertiary alicyclic amines) is 1. The Morgan fingerprint density at radius 2 is 1.81 bits per heavy atom. The van der Waals surface area contributed by atoms with Gasteiger partial charge in [-0.1, -0.05) is 30.9 Å². The monoisotopic (exact) mass is 389 g/mol. The third-order valence-electron chi connectivity index (χ3n) is 6.62. The first-order valence-corrected chi connectivity index (χ1v) is 9.55. The number of carbonyl (C=O) groups is 3. The molecule has 9 heteroatoms. The van der Waals surface area contributed by atoms with E-state index in [0.29, 0.717) is 21.3 Å². The number of halogens is 1. The molecule has 4 aliphatic rings. The molecule has 1 saturated carbocycles. The van der Waals surface area contributed by atoms with E-state index in [9.17, 15) is 14.4 Å². The summed E-state index contributed by atoms with van der Waals surface area (Å²) in [4.78, 5) is 41.4. The summed E-state index contributed by atoms with van der Waals surface area (Å²) in [5.41, 5.74) is 4.22. The van der Waals surface area contributed by atoms with Gasteiger partial charge in [-0.05, 0) is 36.6 Å². The van der Waals surface area contributed by atoms with Crippen LogP contribution in [0.2, 0.25) is 5.02 Å². The highest BCUT2D eigenvalue weighted by molar-refractivity contribution is 6.31. The summed E-state index contributed by atoms with van der Waals surface area (Å²) in [6, 6.07) is 3.74. The molecule has 3 heterocycles. The van der Waals surface area contributed by atoms with Crippen molar-refractivity contribution in [3.63, 3.8) is 0 Å². The highest BCUT2D eigenvalue weighted by Gasteiger charge is 2.82. The van der Waals surface area contributed by atoms with Gasteiger partial charge in [0.05, 0.1) is 0 Å². The molecule has 2 saturated heterocycles. The van der Waals surface area contributed by atoms with Gasteiger partial charge in [-0.15, -0.1) is 0 Å². The minimum atomic E-state index is -1.76. The van der Waals surface area contributed by atoms with Crippen LogP contribution in [0.3, 0.4) is 0 Å². The molecular formula is C18H20ClN5O3. The van der Waals surface area contributed by atoms with Gasteiger partial charge in [0, 0.05) is 16.8 Å². The molecule has 3 unspecified atom stereocenters. The lowest BCUT2D eigenvalue weighted by molar-refractivity contribution is -0.148. The molecule has 27 heavy (non-hydrogen) atoms. The number of anilines is 1. The van der Waals surface area contributed by atoms with Crippen molar-refractivity contribution in [1.29, 1.82) is 0 Å². The van der Waals surface area contributed by atoms with E-state index in [2.05, 4.69) is 5.32 Å². The van der Waals surface area contributed by atoms with Crippen molar-refractivity contribution in [3.8, 4) is 0 Å². The summed E-state index contributed by atoms with van der Waals surface area (Å²) in [6.45, 7) is 0. The minimum Gasteiger partial charge on any atom is -0.358 e. The van der Waals surface area contributed by atoms with E-state index in [1.807, 2.05) is 0 Å². The molecule has 5 N–H and O–H groups in total. The normalized spacial score (nSPS) is 35.4. The second-order valence-electron chi connectivity index (χ2n) is 7.85. The van der Waals surface area contributed by atoms with Crippen molar-refractivity contribution in [1.82, 2.24) is 9.91 Å². The van der Waals surface area contributed by atoms with Crippen LogP contribution >= 0.6 is 11.6 Å². The predicted molar refractivity (Wildman–Crippen MR) is 97.2 cm³/mol. The number of imide groups is 1. The van der Waals surface area contributed by atoms with Gasteiger partial charge in [-0.2, -0.15) is 0 Å². The first kappa shape index (κ1) is 17.0. The first-order valence-electron chi connectivity index (χ1n) is 9.17. The second-order valence-corrected chi connectivity index (χ2v) is 8.29. The molecule has 8 nitrogen and oxygen atoms in total. The first-order chi connectivity index (χ1) is 12.8. The van der Waals surface area contributed by atoms with Gasteiger partial charge in [0.25, 0.3) is 17.7 Å². The zero-order valence-electron chi connectivity index (χ0n) is 14.6. The zero-order valence-corrected chi connectivity index (χ0v) is 15.3. The third-order valence-corrected chi connectivity index (χ3v) is 6.85. The number of hydrogen-bond donors (Lipinski definition) is 3. The van der Waals surface area contributed by atoms with Crippen LogP contribution in [0, 0.1) is 0 Å². The molecule has 0 bridgehead atoms. The molecule has 5 rings (SSSR count). The van der Waals surface area contributed by atoms with E-state index in [1.165, 1.54) is 4.90 Å². The Morgan fingerprint density at radius 3 is 2.52 bits per heavy atom. The lowest BCUT2D eigenvalue weighted by atomic mass is 9.71. The predicted octanol–water partition coefficient (Wildman–Crippen LogP) is 0.444. The van der Waals surface area contributed by atoms with Gasteiger partial charge < -0.3 is 10.2 Å². The van der Waals surface area contributed by atoms with E-state index in [-0.39, 0.29) is 6.04 Å². The molecular weight excluding hydrogens is 370 g/mol. The van der Waals surface area contributed by atoms with E-state index in [1.54, 1.807) is 18.2 Å². The molecule has 142 valence electrons. The number of amides is 3. The number of carbonyl (C=O) groups excluding carboxylic acids is 3. The van der Waals surface area contributed by atoms with Crippen LogP contribution in [0.1, 0.15) is 37.7 Å². The maximum atomic E-state index is 13.5. The Morgan fingerprint density at radius 1 is 1.11 bits per heavy atom. The average molecular weight is 390 g/mol. The molecule has 0 aromatic heterocycles. The average Bonchev–Trinajstić information content (AvgIpc) is 3.12. The van der Waals surface area contributed by atoms with Crippen molar-refractivity contribution in [2.75, 3.05) is 5.32 Å². The zero-order chi connectivity index (χ0) is 19.1. The summed E-state index contributed by atoms with van der Waals surface area (Å²) in [5.74, 6) is 4.14. The summed E-state index contributed by atoms with van der Waals surface area (Å²) in [6.07, 6.45) is 4.59. The van der Waals surface area contributed by atoms with Crippen LogP contribution in [0.4, 0.5) is 5.69 Å². The SMILES string of the molecule is NN1C(=O)C2N(C3CCCCC3)C(=O)C3(N)Nc4ccc(Cl)cc4C23C1=O. The van der Waals surface area contributed by atoms with Crippen molar-refractivity contribution in [2.24, 2.45) is 11.6 Å². The van der Waals surface area contributed by atoms with Crippen molar-refractivity contribution in [2.45, 2.75) is 55.3 Å². The number of nitrogens with zero attached hydrogens (tertiary/aromatic N) is 2. The van der Waals surface area contributed by atoms with Crippen molar-refractivity contribution < 1.29 is 14.4 Å². The standard InChI is InChI=1S/C18H20ClN5O3/c19-9-6-7-12-11(8-9)17-13(14(25)24(21)15(17)26)23(10-4-2-1-3-5-10)16(27)18(17,20)22-12/h6-8,10,13,22H,1-5,20-21H2. The number of benzene rings is 1. The van der Waals surface area contributed by atoms with Crippen molar-refractivity contribution >= 4 is 35.0 Å². The summed E-state index contributed by atoms with van der Waals surface area (Å²) in [7, 11) is 0. The Hall–Kier alpha value is -2.16. The smallest absolute Gasteiger partial charge is 0.268 e. The molecule has 3 fully saturated rings. The summed E-state index contributed by atoms with van der Waals surface area (Å²) >= 11 is 6.18. The Balaban J connectivity index is 1.77. The minimum absolute atomic E-state index is 0.133. The highest BCUT2D eigenvalue weighted by atomic mass is 35.5. The topological polar surface area (TPSA) is 122 Å². The van der Waals surface area contributed by atoms with Crippen LogP contribution in [-0.4, -0.2) is 45.4 Å². The maximum absolute atomic E-state index is 13.5. The van der Waals surface area contributed by atoms with Crippen LogP contribution in [0.15, 0.2) is 18.2 Å². The van der Waals surface area contributed by atoms with E-state index >= 15 is 0 Å². The molecule has 3 aliphatic heterocycles. The molecule has 1 aliphatic carbocycles. The van der Waals surface area contributed by atoms with E-state index in [4.69, 9.17) is 23.2 Å². The molecule has 3 atom stereocenters. The van der Waals surface area contributed by atoms with Gasteiger partial charge >= 0.3 is 0 Å².